The van der Waals surface area contributed by atoms with Gasteiger partial charge in [-0.2, -0.15) is 0 Å². The second-order valence-electron chi connectivity index (χ2n) is 6.99. The van der Waals surface area contributed by atoms with Gasteiger partial charge in [0, 0.05) is 36.7 Å². The smallest absolute Gasteiger partial charge is 0.225 e. The third-order valence-electron chi connectivity index (χ3n) is 5.03. The van der Waals surface area contributed by atoms with Crippen molar-refractivity contribution in [2.75, 3.05) is 13.1 Å². The minimum absolute atomic E-state index is 0.205. The van der Waals surface area contributed by atoms with Crippen molar-refractivity contribution in [3.05, 3.63) is 35.4 Å². The second-order valence-corrected chi connectivity index (χ2v) is 6.99. The summed E-state index contributed by atoms with van der Waals surface area (Å²) in [7, 11) is 0. The summed E-state index contributed by atoms with van der Waals surface area (Å²) in [5, 5.41) is 3.41. The molecule has 0 aromatic heterocycles. The number of rotatable bonds is 4. The highest BCUT2D eigenvalue weighted by Crippen LogP contribution is 2.33. The Bertz CT molecular complexity index is 588. The summed E-state index contributed by atoms with van der Waals surface area (Å²) in [5.41, 5.74) is 0.355. The fourth-order valence-electron chi connectivity index (χ4n) is 3.44. The van der Waals surface area contributed by atoms with Crippen LogP contribution in [0.15, 0.2) is 18.2 Å². The Morgan fingerprint density at radius 1 is 1.30 bits per heavy atom. The molecule has 23 heavy (non-hydrogen) atoms. The Morgan fingerprint density at radius 3 is 2.70 bits per heavy atom. The lowest BCUT2D eigenvalue weighted by Crippen LogP contribution is -2.51. The Kier molecular flexibility index (Phi) is 4.67. The van der Waals surface area contributed by atoms with Gasteiger partial charge in [-0.3, -0.25) is 4.79 Å². The van der Waals surface area contributed by atoms with Crippen LogP contribution in [0.3, 0.4) is 0 Å². The summed E-state index contributed by atoms with van der Waals surface area (Å²) in [5.74, 6) is 0.0328. The van der Waals surface area contributed by atoms with E-state index in [1.807, 2.05) is 11.8 Å². The Hall–Kier alpha value is -1.49. The Balaban J connectivity index is 1.60. The van der Waals surface area contributed by atoms with Gasteiger partial charge in [0.1, 0.15) is 11.6 Å². The molecule has 3 atom stereocenters. The van der Waals surface area contributed by atoms with Gasteiger partial charge in [0.25, 0.3) is 0 Å². The van der Waals surface area contributed by atoms with E-state index in [0.717, 1.165) is 38.4 Å². The van der Waals surface area contributed by atoms with Crippen molar-refractivity contribution in [3.63, 3.8) is 0 Å². The lowest BCUT2D eigenvalue weighted by Gasteiger charge is -2.39. The van der Waals surface area contributed by atoms with E-state index >= 15 is 0 Å². The summed E-state index contributed by atoms with van der Waals surface area (Å²) >= 11 is 0. The molecule has 1 aliphatic carbocycles. The number of nitrogens with one attached hydrogen (secondary N) is 1. The van der Waals surface area contributed by atoms with E-state index < -0.39 is 5.82 Å². The van der Waals surface area contributed by atoms with Crippen LogP contribution >= 0.6 is 0 Å². The summed E-state index contributed by atoms with van der Waals surface area (Å²) in [6.07, 6.45) is 2.91. The molecule has 3 rings (SSSR count). The molecule has 1 aromatic rings. The first-order chi connectivity index (χ1) is 11.0. The maximum absolute atomic E-state index is 13.9. The number of hydrogen-bond acceptors (Lipinski definition) is 2. The molecule has 126 valence electrons. The fourth-order valence-corrected chi connectivity index (χ4v) is 3.44. The monoisotopic (exact) mass is 322 g/mol. The largest absolute Gasteiger partial charge is 0.342 e. The zero-order chi connectivity index (χ0) is 16.6. The number of piperidine rings is 1. The highest BCUT2D eigenvalue weighted by Gasteiger charge is 2.37. The number of likely N-dealkylation sites (tertiary alicyclic amines) is 1. The van der Waals surface area contributed by atoms with Crippen LogP contribution in [0.25, 0.3) is 0 Å². The first kappa shape index (κ1) is 16.4. The molecule has 1 heterocycles. The maximum Gasteiger partial charge on any atom is 0.225 e. The van der Waals surface area contributed by atoms with Gasteiger partial charge in [-0.05, 0) is 50.3 Å². The van der Waals surface area contributed by atoms with E-state index in [-0.39, 0.29) is 23.8 Å². The minimum atomic E-state index is -0.423. The lowest BCUT2D eigenvalue weighted by atomic mass is 9.92. The number of hydrogen-bond donors (Lipinski definition) is 1. The van der Waals surface area contributed by atoms with Gasteiger partial charge < -0.3 is 10.2 Å². The number of benzene rings is 1. The molecular formula is C18H24F2N2O. The SMILES string of the molecule is C[C@H](N[C@H]1CCN(C(=O)C2CC2)C[C@@H]1C)c1cc(F)ccc1F. The standard InChI is InChI=1S/C18H24F2N2O/c1-11-10-22(18(23)13-3-4-13)8-7-17(11)21-12(2)15-9-14(19)5-6-16(15)20/h5-6,9,11-13,17,21H,3-4,7-8,10H2,1-2H3/t11-,12-,17-/m0/s1. The Morgan fingerprint density at radius 2 is 2.04 bits per heavy atom. The predicted octanol–water partition coefficient (Wildman–Crippen LogP) is 3.26. The van der Waals surface area contributed by atoms with Crippen molar-refractivity contribution in [2.45, 2.75) is 45.2 Å². The minimum Gasteiger partial charge on any atom is -0.342 e. The first-order valence-electron chi connectivity index (χ1n) is 8.45. The van der Waals surface area contributed by atoms with Crippen LogP contribution in [0.5, 0.6) is 0 Å². The number of carbonyl (C=O) groups excluding carboxylic acids is 1. The number of carbonyl (C=O) groups is 1. The van der Waals surface area contributed by atoms with E-state index in [0.29, 0.717) is 17.4 Å². The molecule has 1 amide bonds. The average Bonchev–Trinajstić information content (AvgIpc) is 3.35. The van der Waals surface area contributed by atoms with Gasteiger partial charge in [0.15, 0.2) is 0 Å². The molecule has 1 aromatic carbocycles. The zero-order valence-corrected chi connectivity index (χ0v) is 13.7. The first-order valence-corrected chi connectivity index (χ1v) is 8.45. The van der Waals surface area contributed by atoms with Gasteiger partial charge in [-0.15, -0.1) is 0 Å². The summed E-state index contributed by atoms with van der Waals surface area (Å²) in [6, 6.07) is 3.50. The molecule has 1 aliphatic heterocycles. The van der Waals surface area contributed by atoms with Gasteiger partial charge in [-0.25, -0.2) is 8.78 Å². The van der Waals surface area contributed by atoms with E-state index in [9.17, 15) is 13.6 Å². The highest BCUT2D eigenvalue weighted by atomic mass is 19.1. The van der Waals surface area contributed by atoms with E-state index in [2.05, 4.69) is 12.2 Å². The normalized spacial score (nSPS) is 26.2. The molecule has 1 saturated carbocycles. The average molecular weight is 322 g/mol. The second kappa shape index (κ2) is 6.56. The van der Waals surface area contributed by atoms with Crippen LogP contribution in [0.2, 0.25) is 0 Å². The van der Waals surface area contributed by atoms with Crippen LogP contribution < -0.4 is 5.32 Å². The van der Waals surface area contributed by atoms with Gasteiger partial charge >= 0.3 is 0 Å². The van der Waals surface area contributed by atoms with Crippen LogP contribution in [-0.2, 0) is 4.79 Å². The number of nitrogens with zero attached hydrogens (tertiary/aromatic N) is 1. The molecule has 0 unspecified atom stereocenters. The Labute approximate surface area is 136 Å². The predicted molar refractivity (Wildman–Crippen MR) is 84.8 cm³/mol. The van der Waals surface area contributed by atoms with Crippen molar-refractivity contribution in [2.24, 2.45) is 11.8 Å². The third kappa shape index (κ3) is 3.71. The van der Waals surface area contributed by atoms with Crippen LogP contribution in [0.1, 0.15) is 44.7 Å². The molecule has 1 N–H and O–H groups in total. The van der Waals surface area contributed by atoms with E-state index in [1.54, 1.807) is 0 Å². The molecule has 0 bridgehead atoms. The fraction of sp³-hybridized carbons (Fsp3) is 0.611. The van der Waals surface area contributed by atoms with Gasteiger partial charge in [-0.1, -0.05) is 6.92 Å². The van der Waals surface area contributed by atoms with Crippen LogP contribution in [0, 0.1) is 23.5 Å². The van der Waals surface area contributed by atoms with Crippen molar-refractivity contribution in [1.29, 1.82) is 0 Å². The lowest BCUT2D eigenvalue weighted by molar-refractivity contribution is -0.134. The van der Waals surface area contributed by atoms with Gasteiger partial charge in [0.05, 0.1) is 0 Å². The molecule has 5 heteroatoms. The van der Waals surface area contributed by atoms with E-state index in [1.165, 1.54) is 12.1 Å². The van der Waals surface area contributed by atoms with Crippen molar-refractivity contribution in [3.8, 4) is 0 Å². The zero-order valence-electron chi connectivity index (χ0n) is 13.7. The molecule has 3 nitrogen and oxygen atoms in total. The molecular weight excluding hydrogens is 298 g/mol. The van der Waals surface area contributed by atoms with Crippen LogP contribution in [-0.4, -0.2) is 29.9 Å². The molecule has 0 radical (unpaired) electrons. The summed E-state index contributed by atoms with van der Waals surface area (Å²) in [4.78, 5) is 14.1. The van der Waals surface area contributed by atoms with Crippen LogP contribution in [0.4, 0.5) is 8.78 Å². The van der Waals surface area contributed by atoms with Crippen molar-refractivity contribution in [1.82, 2.24) is 10.2 Å². The van der Waals surface area contributed by atoms with Crippen molar-refractivity contribution >= 4 is 5.91 Å². The van der Waals surface area contributed by atoms with E-state index in [4.69, 9.17) is 0 Å². The molecule has 2 aliphatic rings. The summed E-state index contributed by atoms with van der Waals surface area (Å²) < 4.78 is 27.2. The number of amides is 1. The molecule has 0 spiro atoms. The third-order valence-corrected chi connectivity index (χ3v) is 5.03. The summed E-state index contributed by atoms with van der Waals surface area (Å²) in [6.45, 7) is 5.45. The van der Waals surface area contributed by atoms with Crippen molar-refractivity contribution < 1.29 is 13.6 Å². The quantitative estimate of drug-likeness (QED) is 0.923. The maximum atomic E-state index is 13.9. The molecule has 1 saturated heterocycles. The highest BCUT2D eigenvalue weighted by molar-refractivity contribution is 5.81. The number of halogens is 2. The topological polar surface area (TPSA) is 32.3 Å². The van der Waals surface area contributed by atoms with Gasteiger partial charge in [0.2, 0.25) is 5.91 Å². The molecule has 2 fully saturated rings.